The normalized spacial score (nSPS) is 11.1. The molecule has 0 amide bonds. The summed E-state index contributed by atoms with van der Waals surface area (Å²) in [6, 6.07) is 9.93. The smallest absolute Gasteiger partial charge is 0.0852 e. The highest BCUT2D eigenvalue weighted by Gasteiger charge is 1.90. The Balaban J connectivity index is 1.95. The molecule has 0 fully saturated rings. The van der Waals surface area contributed by atoms with Crippen molar-refractivity contribution in [2.75, 3.05) is 6.54 Å². The summed E-state index contributed by atoms with van der Waals surface area (Å²) in [6.45, 7) is 3.12. The average molecular weight is 232 g/mol. The van der Waals surface area contributed by atoms with Gasteiger partial charge in [0, 0.05) is 0 Å². The third-order valence-electron chi connectivity index (χ3n) is 2.80. The second kappa shape index (κ2) is 10.0. The summed E-state index contributed by atoms with van der Waals surface area (Å²) in [4.78, 5) is 0. The lowest BCUT2D eigenvalue weighted by Gasteiger charge is -1.98. The van der Waals surface area contributed by atoms with E-state index in [9.17, 15) is 0 Å². The van der Waals surface area contributed by atoms with Gasteiger partial charge in [0.1, 0.15) is 0 Å². The van der Waals surface area contributed by atoms with Crippen LogP contribution in [0.25, 0.3) is 0 Å². The SMILES string of the molecule is CCCCCCCCC/N=N/c1ccccc1. The first-order valence-electron chi connectivity index (χ1n) is 6.86. The van der Waals surface area contributed by atoms with Gasteiger partial charge in [-0.2, -0.15) is 10.2 Å². The maximum atomic E-state index is 4.20. The molecular weight excluding hydrogens is 208 g/mol. The fraction of sp³-hybridized carbons (Fsp3) is 0.600. The topological polar surface area (TPSA) is 24.7 Å². The summed E-state index contributed by atoms with van der Waals surface area (Å²) >= 11 is 0. The van der Waals surface area contributed by atoms with E-state index < -0.39 is 0 Å². The molecule has 0 radical (unpaired) electrons. The molecule has 1 aromatic rings. The van der Waals surface area contributed by atoms with Crippen molar-refractivity contribution < 1.29 is 0 Å². The van der Waals surface area contributed by atoms with Crippen molar-refractivity contribution >= 4 is 5.69 Å². The van der Waals surface area contributed by atoms with Crippen LogP contribution in [-0.2, 0) is 0 Å². The zero-order valence-electron chi connectivity index (χ0n) is 10.9. The molecule has 94 valence electrons. The van der Waals surface area contributed by atoms with Crippen LogP contribution >= 0.6 is 0 Å². The van der Waals surface area contributed by atoms with Gasteiger partial charge in [-0.15, -0.1) is 0 Å². The molecule has 0 spiro atoms. The standard InChI is InChI=1S/C15H24N2/c1-2-3-4-5-6-7-11-14-16-17-15-12-9-8-10-13-15/h8-10,12-13H,2-7,11,14H2,1H3/b17-16+. The molecule has 0 atom stereocenters. The summed E-state index contributed by atoms with van der Waals surface area (Å²) in [5.74, 6) is 0. The summed E-state index contributed by atoms with van der Waals surface area (Å²) < 4.78 is 0. The zero-order chi connectivity index (χ0) is 12.2. The molecule has 0 N–H and O–H groups in total. The van der Waals surface area contributed by atoms with E-state index >= 15 is 0 Å². The first-order chi connectivity index (χ1) is 8.43. The molecule has 0 aliphatic heterocycles. The molecule has 0 aliphatic rings. The van der Waals surface area contributed by atoms with Crippen LogP contribution in [0, 0.1) is 0 Å². The Morgan fingerprint density at radius 2 is 1.47 bits per heavy atom. The molecule has 2 nitrogen and oxygen atoms in total. The van der Waals surface area contributed by atoms with Crippen LogP contribution in [-0.4, -0.2) is 6.54 Å². The predicted molar refractivity (Wildman–Crippen MR) is 73.8 cm³/mol. The number of rotatable bonds is 9. The summed E-state index contributed by atoms with van der Waals surface area (Å²) in [5, 5.41) is 8.38. The van der Waals surface area contributed by atoms with Crippen molar-refractivity contribution in [3.05, 3.63) is 30.3 Å². The monoisotopic (exact) mass is 232 g/mol. The average Bonchev–Trinajstić information content (AvgIpc) is 2.38. The minimum absolute atomic E-state index is 0.864. The molecule has 0 heterocycles. The Bertz CT molecular complexity index is 293. The fourth-order valence-electron chi connectivity index (χ4n) is 1.77. The highest BCUT2D eigenvalue weighted by molar-refractivity contribution is 5.34. The maximum absolute atomic E-state index is 4.20. The molecular formula is C15H24N2. The molecule has 2 heteroatoms. The van der Waals surface area contributed by atoms with Gasteiger partial charge >= 0.3 is 0 Å². The molecule has 0 unspecified atom stereocenters. The van der Waals surface area contributed by atoms with Gasteiger partial charge in [-0.3, -0.25) is 0 Å². The Morgan fingerprint density at radius 1 is 0.824 bits per heavy atom. The molecule has 1 aromatic carbocycles. The van der Waals surface area contributed by atoms with E-state index in [0.717, 1.165) is 12.2 Å². The van der Waals surface area contributed by atoms with E-state index in [4.69, 9.17) is 0 Å². The Hall–Kier alpha value is -1.18. The van der Waals surface area contributed by atoms with Crippen LogP contribution in [0.5, 0.6) is 0 Å². The number of unbranched alkanes of at least 4 members (excludes halogenated alkanes) is 6. The van der Waals surface area contributed by atoms with Gasteiger partial charge in [0.2, 0.25) is 0 Å². The number of hydrogen-bond donors (Lipinski definition) is 0. The van der Waals surface area contributed by atoms with E-state index in [1.54, 1.807) is 0 Å². The third-order valence-corrected chi connectivity index (χ3v) is 2.80. The second-order valence-electron chi connectivity index (χ2n) is 4.42. The highest BCUT2D eigenvalue weighted by atomic mass is 15.1. The molecule has 0 aliphatic carbocycles. The van der Waals surface area contributed by atoms with Crippen LogP contribution in [0.15, 0.2) is 40.6 Å². The van der Waals surface area contributed by atoms with Gasteiger partial charge in [-0.25, -0.2) is 0 Å². The van der Waals surface area contributed by atoms with Crippen LogP contribution in [0.4, 0.5) is 5.69 Å². The quantitative estimate of drug-likeness (QED) is 0.395. The van der Waals surface area contributed by atoms with Gasteiger partial charge in [-0.05, 0) is 18.6 Å². The highest BCUT2D eigenvalue weighted by Crippen LogP contribution is 2.11. The zero-order valence-corrected chi connectivity index (χ0v) is 10.9. The van der Waals surface area contributed by atoms with E-state index in [1.807, 2.05) is 30.3 Å². The van der Waals surface area contributed by atoms with Crippen LogP contribution in [0.2, 0.25) is 0 Å². The largest absolute Gasteiger partial charge is 0.189 e. The lowest BCUT2D eigenvalue weighted by molar-refractivity contribution is 0.590. The van der Waals surface area contributed by atoms with Crippen LogP contribution < -0.4 is 0 Å². The van der Waals surface area contributed by atoms with E-state index in [2.05, 4.69) is 17.2 Å². The predicted octanol–water partition coefficient (Wildman–Crippen LogP) is 5.52. The molecule has 0 bridgehead atoms. The maximum Gasteiger partial charge on any atom is 0.0852 e. The van der Waals surface area contributed by atoms with Gasteiger partial charge in [0.25, 0.3) is 0 Å². The van der Waals surface area contributed by atoms with Crippen molar-refractivity contribution in [2.24, 2.45) is 10.2 Å². The van der Waals surface area contributed by atoms with Crippen molar-refractivity contribution in [3.8, 4) is 0 Å². The lowest BCUT2D eigenvalue weighted by atomic mass is 10.1. The summed E-state index contributed by atoms with van der Waals surface area (Å²) in [5.41, 5.74) is 0.954. The number of nitrogens with zero attached hydrogens (tertiary/aromatic N) is 2. The van der Waals surface area contributed by atoms with Crippen molar-refractivity contribution in [1.82, 2.24) is 0 Å². The van der Waals surface area contributed by atoms with Crippen LogP contribution in [0.3, 0.4) is 0 Å². The second-order valence-corrected chi connectivity index (χ2v) is 4.42. The minimum Gasteiger partial charge on any atom is -0.189 e. The first-order valence-corrected chi connectivity index (χ1v) is 6.86. The molecule has 1 rings (SSSR count). The molecule has 0 aromatic heterocycles. The van der Waals surface area contributed by atoms with Gasteiger partial charge in [0.15, 0.2) is 0 Å². The van der Waals surface area contributed by atoms with E-state index in [-0.39, 0.29) is 0 Å². The Kier molecular flexibility index (Phi) is 8.17. The number of hydrogen-bond acceptors (Lipinski definition) is 2. The Labute approximate surface area is 105 Å². The molecule has 0 saturated carbocycles. The van der Waals surface area contributed by atoms with Gasteiger partial charge in [0.05, 0.1) is 12.2 Å². The van der Waals surface area contributed by atoms with Crippen molar-refractivity contribution in [2.45, 2.75) is 51.9 Å². The van der Waals surface area contributed by atoms with Gasteiger partial charge < -0.3 is 0 Å². The van der Waals surface area contributed by atoms with Crippen LogP contribution in [0.1, 0.15) is 51.9 Å². The fourth-order valence-corrected chi connectivity index (χ4v) is 1.77. The first kappa shape index (κ1) is 13.9. The lowest BCUT2D eigenvalue weighted by Crippen LogP contribution is -1.82. The third kappa shape index (κ3) is 7.67. The number of azo groups is 1. The minimum atomic E-state index is 0.864. The molecule has 17 heavy (non-hydrogen) atoms. The summed E-state index contributed by atoms with van der Waals surface area (Å²) in [6.07, 6.45) is 9.28. The van der Waals surface area contributed by atoms with Crippen molar-refractivity contribution in [3.63, 3.8) is 0 Å². The summed E-state index contributed by atoms with van der Waals surface area (Å²) in [7, 11) is 0. The molecule has 0 saturated heterocycles. The van der Waals surface area contributed by atoms with Crippen molar-refractivity contribution in [1.29, 1.82) is 0 Å². The van der Waals surface area contributed by atoms with E-state index in [0.29, 0.717) is 0 Å². The van der Waals surface area contributed by atoms with Gasteiger partial charge in [-0.1, -0.05) is 63.6 Å². The number of benzene rings is 1. The Morgan fingerprint density at radius 3 is 2.18 bits per heavy atom. The van der Waals surface area contributed by atoms with E-state index in [1.165, 1.54) is 44.9 Å².